The van der Waals surface area contributed by atoms with E-state index in [4.69, 9.17) is 0 Å². The number of hydrogen-bond acceptors (Lipinski definition) is 2. The maximum atomic E-state index is 13.8. The highest BCUT2D eigenvalue weighted by molar-refractivity contribution is 9.10. The Kier molecular flexibility index (Phi) is 4.27. The molecule has 5 heteroatoms. The zero-order valence-electron chi connectivity index (χ0n) is 9.88. The Morgan fingerprint density at radius 2 is 2.05 bits per heavy atom. The Labute approximate surface area is 118 Å². The molecule has 0 aliphatic carbocycles. The molecule has 1 unspecified atom stereocenters. The second kappa shape index (κ2) is 5.93. The molecular formula is C14H11BrFNO2. The van der Waals surface area contributed by atoms with Crippen LogP contribution in [0.15, 0.2) is 47.1 Å². The van der Waals surface area contributed by atoms with Crippen LogP contribution in [0.2, 0.25) is 0 Å². The predicted octanol–water partition coefficient (Wildman–Crippen LogP) is 3.39. The van der Waals surface area contributed by atoms with Gasteiger partial charge in [-0.1, -0.05) is 30.3 Å². The molecule has 2 rings (SSSR count). The standard InChI is InChI=1S/C14H11BrFNO2/c15-10-7-12(16)13(17-8-10)11(14(18)19)6-9-4-2-1-3-5-9/h1-5,7-8,11H,6H2,(H,18,19). The van der Waals surface area contributed by atoms with Crippen LogP contribution >= 0.6 is 15.9 Å². The lowest BCUT2D eigenvalue weighted by atomic mass is 9.95. The van der Waals surface area contributed by atoms with Crippen molar-refractivity contribution in [2.75, 3.05) is 0 Å². The lowest BCUT2D eigenvalue weighted by molar-refractivity contribution is -0.138. The van der Waals surface area contributed by atoms with E-state index in [9.17, 15) is 14.3 Å². The van der Waals surface area contributed by atoms with Gasteiger partial charge >= 0.3 is 5.97 Å². The molecule has 1 N–H and O–H groups in total. The number of rotatable bonds is 4. The highest BCUT2D eigenvalue weighted by atomic mass is 79.9. The van der Waals surface area contributed by atoms with Gasteiger partial charge in [0.05, 0.1) is 5.69 Å². The first-order chi connectivity index (χ1) is 9.08. The van der Waals surface area contributed by atoms with E-state index in [1.54, 1.807) is 0 Å². The van der Waals surface area contributed by atoms with Crippen LogP contribution in [-0.2, 0) is 11.2 Å². The molecule has 1 aromatic heterocycles. The van der Waals surface area contributed by atoms with E-state index in [-0.39, 0.29) is 12.1 Å². The minimum Gasteiger partial charge on any atom is -0.481 e. The largest absolute Gasteiger partial charge is 0.481 e. The van der Waals surface area contributed by atoms with Crippen molar-refractivity contribution >= 4 is 21.9 Å². The number of aliphatic carboxylic acids is 1. The summed E-state index contributed by atoms with van der Waals surface area (Å²) in [6.45, 7) is 0. The molecule has 0 saturated carbocycles. The first-order valence-corrected chi connectivity index (χ1v) is 6.45. The van der Waals surface area contributed by atoms with E-state index in [2.05, 4.69) is 20.9 Å². The van der Waals surface area contributed by atoms with E-state index in [1.807, 2.05) is 30.3 Å². The van der Waals surface area contributed by atoms with Gasteiger partial charge in [0, 0.05) is 10.7 Å². The monoisotopic (exact) mass is 323 g/mol. The average Bonchev–Trinajstić information content (AvgIpc) is 2.38. The molecular weight excluding hydrogens is 313 g/mol. The summed E-state index contributed by atoms with van der Waals surface area (Å²) < 4.78 is 14.3. The van der Waals surface area contributed by atoms with Crippen molar-refractivity contribution in [1.29, 1.82) is 0 Å². The summed E-state index contributed by atoms with van der Waals surface area (Å²) in [5.74, 6) is -2.69. The highest BCUT2D eigenvalue weighted by Crippen LogP contribution is 2.24. The summed E-state index contributed by atoms with van der Waals surface area (Å²) in [5, 5.41) is 9.26. The normalized spacial score (nSPS) is 12.1. The number of aromatic nitrogens is 1. The predicted molar refractivity (Wildman–Crippen MR) is 72.4 cm³/mol. The number of benzene rings is 1. The van der Waals surface area contributed by atoms with Crippen molar-refractivity contribution in [3.05, 3.63) is 64.1 Å². The van der Waals surface area contributed by atoms with E-state index >= 15 is 0 Å². The third-order valence-corrected chi connectivity index (χ3v) is 3.18. The first-order valence-electron chi connectivity index (χ1n) is 5.65. The first kappa shape index (κ1) is 13.7. The Bertz CT molecular complexity index is 589. The van der Waals surface area contributed by atoms with Crippen LogP contribution < -0.4 is 0 Å². The number of carboxylic acids is 1. The molecule has 0 aliphatic rings. The number of halogens is 2. The van der Waals surface area contributed by atoms with Gasteiger partial charge in [-0.3, -0.25) is 9.78 Å². The average molecular weight is 324 g/mol. The van der Waals surface area contributed by atoms with E-state index < -0.39 is 17.7 Å². The number of nitrogens with zero attached hydrogens (tertiary/aromatic N) is 1. The smallest absolute Gasteiger partial charge is 0.313 e. The second-order valence-corrected chi connectivity index (χ2v) is 5.02. The number of hydrogen-bond donors (Lipinski definition) is 1. The Balaban J connectivity index is 2.33. The van der Waals surface area contributed by atoms with Crippen molar-refractivity contribution in [2.45, 2.75) is 12.3 Å². The minimum absolute atomic E-state index is 0.0421. The van der Waals surface area contributed by atoms with Crippen LogP contribution in [0.3, 0.4) is 0 Å². The second-order valence-electron chi connectivity index (χ2n) is 4.10. The van der Waals surface area contributed by atoms with Crippen molar-refractivity contribution < 1.29 is 14.3 Å². The molecule has 0 aliphatic heterocycles. The van der Waals surface area contributed by atoms with Gasteiger partial charge in [-0.2, -0.15) is 0 Å². The van der Waals surface area contributed by atoms with Crippen LogP contribution in [0.5, 0.6) is 0 Å². The van der Waals surface area contributed by atoms with Gasteiger partial charge in [0.2, 0.25) is 0 Å². The van der Waals surface area contributed by atoms with Gasteiger partial charge < -0.3 is 5.11 Å². The number of pyridine rings is 1. The molecule has 0 saturated heterocycles. The summed E-state index contributed by atoms with van der Waals surface area (Å²) >= 11 is 3.10. The Morgan fingerprint density at radius 3 is 2.63 bits per heavy atom. The topological polar surface area (TPSA) is 50.2 Å². The van der Waals surface area contributed by atoms with Crippen molar-refractivity contribution in [2.24, 2.45) is 0 Å². The third-order valence-electron chi connectivity index (χ3n) is 2.75. The minimum atomic E-state index is -1.09. The van der Waals surface area contributed by atoms with Gasteiger partial charge in [0.1, 0.15) is 11.7 Å². The molecule has 3 nitrogen and oxygen atoms in total. The molecule has 1 heterocycles. The van der Waals surface area contributed by atoms with Crippen LogP contribution in [0.4, 0.5) is 4.39 Å². The fraction of sp³-hybridized carbons (Fsp3) is 0.143. The number of carboxylic acid groups (broad SMARTS) is 1. The van der Waals surface area contributed by atoms with Gasteiger partial charge in [0.15, 0.2) is 0 Å². The van der Waals surface area contributed by atoms with E-state index in [0.29, 0.717) is 4.47 Å². The summed E-state index contributed by atoms with van der Waals surface area (Å²) in [4.78, 5) is 15.2. The lowest BCUT2D eigenvalue weighted by Gasteiger charge is -2.12. The summed E-state index contributed by atoms with van der Waals surface area (Å²) in [5.41, 5.74) is 0.790. The summed E-state index contributed by atoms with van der Waals surface area (Å²) in [6, 6.07) is 10.3. The van der Waals surface area contributed by atoms with Crippen molar-refractivity contribution in [1.82, 2.24) is 4.98 Å². The molecule has 0 fully saturated rings. The third kappa shape index (κ3) is 3.38. The molecule has 0 spiro atoms. The molecule has 98 valence electrons. The fourth-order valence-corrected chi connectivity index (χ4v) is 2.14. The van der Waals surface area contributed by atoms with Crippen molar-refractivity contribution in [3.8, 4) is 0 Å². The van der Waals surface area contributed by atoms with Gasteiger partial charge in [-0.15, -0.1) is 0 Å². The fourth-order valence-electron chi connectivity index (χ4n) is 1.83. The molecule has 2 aromatic rings. The van der Waals surface area contributed by atoms with Crippen molar-refractivity contribution in [3.63, 3.8) is 0 Å². The maximum Gasteiger partial charge on any atom is 0.313 e. The van der Waals surface area contributed by atoms with E-state index in [1.165, 1.54) is 12.3 Å². The zero-order valence-corrected chi connectivity index (χ0v) is 11.5. The van der Waals surface area contributed by atoms with E-state index in [0.717, 1.165) is 5.56 Å². The molecule has 1 aromatic carbocycles. The molecule has 0 radical (unpaired) electrons. The zero-order chi connectivity index (χ0) is 13.8. The van der Waals surface area contributed by atoms with Crippen LogP contribution in [0.25, 0.3) is 0 Å². The molecule has 0 bridgehead atoms. The Morgan fingerprint density at radius 1 is 1.37 bits per heavy atom. The Hall–Kier alpha value is -1.75. The summed E-state index contributed by atoms with van der Waals surface area (Å²) in [7, 11) is 0. The maximum absolute atomic E-state index is 13.8. The number of carbonyl (C=O) groups is 1. The molecule has 19 heavy (non-hydrogen) atoms. The van der Waals surface area contributed by atoms with Crippen LogP contribution in [0.1, 0.15) is 17.2 Å². The quantitative estimate of drug-likeness (QED) is 0.938. The lowest BCUT2D eigenvalue weighted by Crippen LogP contribution is -2.17. The molecule has 0 amide bonds. The SMILES string of the molecule is O=C(O)C(Cc1ccccc1)c1ncc(Br)cc1F. The van der Waals surface area contributed by atoms with Crippen LogP contribution in [0, 0.1) is 5.82 Å². The van der Waals surface area contributed by atoms with Gasteiger partial charge in [-0.25, -0.2) is 4.39 Å². The molecule has 1 atom stereocenters. The summed E-state index contributed by atoms with van der Waals surface area (Å²) in [6.07, 6.45) is 1.61. The highest BCUT2D eigenvalue weighted by Gasteiger charge is 2.25. The van der Waals surface area contributed by atoms with Gasteiger partial charge in [0.25, 0.3) is 0 Å². The van der Waals surface area contributed by atoms with Crippen LogP contribution in [-0.4, -0.2) is 16.1 Å². The van der Waals surface area contributed by atoms with Gasteiger partial charge in [-0.05, 0) is 34.0 Å².